The molecule has 3 heterocycles. The number of para-hydroxylation sites is 1. The lowest BCUT2D eigenvalue weighted by atomic mass is 9.98. The molecule has 0 amide bonds. The Hall–Kier alpha value is -4.10. The van der Waals surface area contributed by atoms with Gasteiger partial charge in [0.1, 0.15) is 34.4 Å². The quantitative estimate of drug-likeness (QED) is 0.254. The fourth-order valence-electron chi connectivity index (χ4n) is 5.07. The summed E-state index contributed by atoms with van der Waals surface area (Å²) >= 11 is 6.04. The smallest absolute Gasteiger partial charge is 0.169 e. The topological polar surface area (TPSA) is 52.7 Å². The van der Waals surface area contributed by atoms with Crippen LogP contribution in [0.3, 0.4) is 0 Å². The second-order valence-electron chi connectivity index (χ2n) is 9.11. The number of benzene rings is 3. The molecule has 1 N–H and O–H groups in total. The van der Waals surface area contributed by atoms with Crippen molar-refractivity contribution >= 4 is 28.5 Å². The van der Waals surface area contributed by atoms with Crippen molar-refractivity contribution in [3.63, 3.8) is 0 Å². The van der Waals surface area contributed by atoms with Crippen LogP contribution >= 0.6 is 12.2 Å². The van der Waals surface area contributed by atoms with Crippen LogP contribution in [0.4, 0.5) is 5.69 Å². The maximum atomic E-state index is 6.11. The number of hydrogen-bond acceptors (Lipinski definition) is 4. The summed E-state index contributed by atoms with van der Waals surface area (Å²) in [5.74, 6) is 2.53. The van der Waals surface area contributed by atoms with Crippen LogP contribution in [0.5, 0.6) is 11.5 Å². The first kappa shape index (κ1) is 23.3. The van der Waals surface area contributed by atoms with E-state index in [0.717, 1.165) is 71.3 Å². The Morgan fingerprint density at radius 1 is 0.919 bits per heavy atom. The summed E-state index contributed by atoms with van der Waals surface area (Å²) in [6, 6.07) is 28.2. The van der Waals surface area contributed by atoms with Gasteiger partial charge >= 0.3 is 0 Å². The third-order valence-electron chi connectivity index (χ3n) is 6.80. The predicted octanol–water partition coefficient (Wildman–Crippen LogP) is 6.51. The highest BCUT2D eigenvalue weighted by Crippen LogP contribution is 2.37. The number of aryl methyl sites for hydroxylation is 2. The molecule has 186 valence electrons. The molecule has 0 atom stereocenters. The van der Waals surface area contributed by atoms with Gasteiger partial charge in [-0.1, -0.05) is 60.7 Å². The minimum absolute atomic E-state index is 0.393. The van der Waals surface area contributed by atoms with Gasteiger partial charge in [0.25, 0.3) is 0 Å². The Labute approximate surface area is 221 Å². The lowest BCUT2D eigenvalue weighted by molar-refractivity contribution is 0.288. The average molecular weight is 509 g/mol. The van der Waals surface area contributed by atoms with Crippen molar-refractivity contribution in [2.24, 2.45) is 0 Å². The standard InChI is InChI=1S/C30H28N4O2S/c1-35-23-17-15-22(16-18-23)31-29(37)28-27(21-10-4-2-5-11-21)25-14-8-9-19-33-26(32-34(28)30(25)33)20-36-24-12-6-3-7-13-24/h2-7,10-13,15-18H,8-9,14,19-20H2,1H3,(H,31,37). The molecule has 6 nitrogen and oxygen atoms in total. The van der Waals surface area contributed by atoms with E-state index in [1.807, 2.05) is 65.2 Å². The summed E-state index contributed by atoms with van der Waals surface area (Å²) in [5, 5.41) is 8.53. The molecular weight excluding hydrogens is 480 g/mol. The van der Waals surface area contributed by atoms with E-state index in [-0.39, 0.29) is 0 Å². The van der Waals surface area contributed by atoms with Crippen LogP contribution < -0.4 is 14.8 Å². The summed E-state index contributed by atoms with van der Waals surface area (Å²) in [7, 11) is 1.66. The van der Waals surface area contributed by atoms with Crippen LogP contribution in [0.15, 0.2) is 84.9 Å². The molecule has 1 aliphatic rings. The molecule has 0 saturated carbocycles. The van der Waals surface area contributed by atoms with E-state index in [0.29, 0.717) is 11.6 Å². The van der Waals surface area contributed by atoms with Crippen molar-refractivity contribution in [3.05, 3.63) is 102 Å². The highest BCUT2D eigenvalue weighted by Gasteiger charge is 2.29. The largest absolute Gasteiger partial charge is 0.497 e. The number of aromatic nitrogens is 3. The lowest BCUT2D eigenvalue weighted by Gasteiger charge is -2.12. The molecule has 7 heteroatoms. The van der Waals surface area contributed by atoms with Crippen molar-refractivity contribution in [3.8, 4) is 22.6 Å². The first-order valence-corrected chi connectivity index (χ1v) is 13.0. The normalized spacial score (nSPS) is 12.8. The molecule has 0 fully saturated rings. The summed E-state index contributed by atoms with van der Waals surface area (Å²) in [6.07, 6.45) is 3.18. The van der Waals surface area contributed by atoms with Crippen LogP contribution in [-0.4, -0.2) is 26.3 Å². The van der Waals surface area contributed by atoms with E-state index in [1.54, 1.807) is 7.11 Å². The zero-order valence-corrected chi connectivity index (χ0v) is 21.5. The van der Waals surface area contributed by atoms with Gasteiger partial charge in [0.05, 0.1) is 7.11 Å². The Balaban J connectivity index is 1.47. The molecule has 0 unspecified atom stereocenters. The third-order valence-corrected chi connectivity index (χ3v) is 7.09. The second kappa shape index (κ2) is 10.1. The fourth-order valence-corrected chi connectivity index (χ4v) is 5.37. The number of nitrogens with one attached hydrogen (secondary N) is 1. The van der Waals surface area contributed by atoms with Crippen LogP contribution in [0.1, 0.15) is 29.9 Å². The molecular formula is C30H28N4O2S. The van der Waals surface area contributed by atoms with Gasteiger partial charge < -0.3 is 19.4 Å². The number of methoxy groups -OCH3 is 1. The maximum Gasteiger partial charge on any atom is 0.169 e. The molecule has 5 aromatic rings. The molecule has 0 aliphatic carbocycles. The van der Waals surface area contributed by atoms with Crippen LogP contribution in [0, 0.1) is 0 Å². The van der Waals surface area contributed by atoms with E-state index in [2.05, 4.69) is 34.1 Å². The Morgan fingerprint density at radius 2 is 1.65 bits per heavy atom. The SMILES string of the molecule is COc1ccc(NC(=S)c2c(-c3ccccc3)c3c4n(c(COc5ccccc5)nn24)CCCC3)cc1. The molecule has 0 radical (unpaired) electrons. The summed E-state index contributed by atoms with van der Waals surface area (Å²) < 4.78 is 15.8. The molecule has 1 aliphatic heterocycles. The van der Waals surface area contributed by atoms with Crippen molar-refractivity contribution < 1.29 is 9.47 Å². The number of thiocarbonyl (C=S) groups is 1. The number of rotatable bonds is 7. The van der Waals surface area contributed by atoms with Crippen molar-refractivity contribution in [2.45, 2.75) is 32.4 Å². The highest BCUT2D eigenvalue weighted by molar-refractivity contribution is 7.81. The molecule has 37 heavy (non-hydrogen) atoms. The highest BCUT2D eigenvalue weighted by atomic mass is 32.1. The minimum Gasteiger partial charge on any atom is -0.497 e. The van der Waals surface area contributed by atoms with Gasteiger partial charge in [0.2, 0.25) is 0 Å². The first-order valence-electron chi connectivity index (χ1n) is 12.5. The number of anilines is 1. The van der Waals surface area contributed by atoms with Gasteiger partial charge in [-0.2, -0.15) is 0 Å². The number of ether oxygens (including phenoxy) is 2. The molecule has 6 rings (SSSR count). The van der Waals surface area contributed by atoms with Gasteiger partial charge in [-0.3, -0.25) is 0 Å². The van der Waals surface area contributed by atoms with Gasteiger partial charge in [0.15, 0.2) is 5.82 Å². The fraction of sp³-hybridized carbons (Fsp3) is 0.200. The molecule has 0 bridgehead atoms. The first-order chi connectivity index (χ1) is 18.2. The summed E-state index contributed by atoms with van der Waals surface area (Å²) in [6.45, 7) is 1.30. The van der Waals surface area contributed by atoms with Gasteiger partial charge in [-0.05, 0) is 61.2 Å². The average Bonchev–Trinajstić information content (AvgIpc) is 3.35. The zero-order valence-electron chi connectivity index (χ0n) is 20.7. The van der Waals surface area contributed by atoms with E-state index in [1.165, 1.54) is 5.56 Å². The Morgan fingerprint density at radius 3 is 2.38 bits per heavy atom. The van der Waals surface area contributed by atoms with Crippen molar-refractivity contribution in [1.29, 1.82) is 0 Å². The second-order valence-corrected chi connectivity index (χ2v) is 9.52. The molecule has 0 spiro atoms. The molecule has 3 aromatic carbocycles. The monoisotopic (exact) mass is 508 g/mol. The van der Waals surface area contributed by atoms with Gasteiger partial charge in [0, 0.05) is 23.4 Å². The molecule has 0 saturated heterocycles. The Bertz CT molecular complexity index is 1540. The molecule has 2 aromatic heterocycles. The van der Waals surface area contributed by atoms with E-state index >= 15 is 0 Å². The third kappa shape index (κ3) is 4.47. The Kier molecular flexibility index (Phi) is 6.37. The van der Waals surface area contributed by atoms with Gasteiger partial charge in [-0.15, -0.1) is 5.10 Å². The van der Waals surface area contributed by atoms with E-state index < -0.39 is 0 Å². The van der Waals surface area contributed by atoms with Gasteiger partial charge in [-0.25, -0.2) is 4.52 Å². The van der Waals surface area contributed by atoms with Crippen LogP contribution in [0.25, 0.3) is 16.8 Å². The van der Waals surface area contributed by atoms with E-state index in [9.17, 15) is 0 Å². The van der Waals surface area contributed by atoms with Crippen LogP contribution in [0.2, 0.25) is 0 Å². The van der Waals surface area contributed by atoms with Crippen molar-refractivity contribution in [1.82, 2.24) is 14.2 Å². The predicted molar refractivity (Wildman–Crippen MR) is 151 cm³/mol. The lowest BCUT2D eigenvalue weighted by Crippen LogP contribution is -2.15. The summed E-state index contributed by atoms with van der Waals surface area (Å²) in [5.41, 5.74) is 6.50. The number of hydrogen-bond donors (Lipinski definition) is 1. The van der Waals surface area contributed by atoms with Crippen LogP contribution in [-0.2, 0) is 19.6 Å². The van der Waals surface area contributed by atoms with Crippen molar-refractivity contribution in [2.75, 3.05) is 12.4 Å². The minimum atomic E-state index is 0.393. The number of nitrogens with zero attached hydrogens (tertiary/aromatic N) is 3. The van der Waals surface area contributed by atoms with E-state index in [4.69, 9.17) is 26.8 Å². The zero-order chi connectivity index (χ0) is 25.2. The maximum absolute atomic E-state index is 6.11. The summed E-state index contributed by atoms with van der Waals surface area (Å²) in [4.78, 5) is 0.631.